The summed E-state index contributed by atoms with van der Waals surface area (Å²) >= 11 is 0. The van der Waals surface area contributed by atoms with E-state index in [1.54, 1.807) is 0 Å². The first-order valence-corrected chi connectivity index (χ1v) is 6.42. The Hall–Kier alpha value is -1.44. The van der Waals surface area contributed by atoms with Crippen LogP contribution < -0.4 is 10.2 Å². The molecule has 0 spiro atoms. The Labute approximate surface area is 104 Å². The molecule has 1 aliphatic rings. The summed E-state index contributed by atoms with van der Waals surface area (Å²) in [6.07, 6.45) is 8.39. The summed E-state index contributed by atoms with van der Waals surface area (Å²) in [4.78, 5) is 2.13. The first kappa shape index (κ1) is 12.0. The van der Waals surface area contributed by atoms with Gasteiger partial charge in [-0.15, -0.1) is 0 Å². The summed E-state index contributed by atoms with van der Waals surface area (Å²) in [6, 6.07) is 8.59. The molecule has 2 rings (SSSR count). The van der Waals surface area contributed by atoms with E-state index in [0.717, 1.165) is 12.5 Å². The topological polar surface area (TPSA) is 15.3 Å². The Balaban J connectivity index is 1.90. The Bertz CT molecular complexity index is 382. The smallest absolute Gasteiger partial charge is 0.0381 e. The van der Waals surface area contributed by atoms with E-state index in [-0.39, 0.29) is 0 Å². The molecule has 1 N–H and O–H groups in total. The Morgan fingerprint density at radius 1 is 1.29 bits per heavy atom. The first-order valence-electron chi connectivity index (χ1n) is 6.42. The molecule has 0 bridgehead atoms. The first-order chi connectivity index (χ1) is 8.25. The molecule has 17 heavy (non-hydrogen) atoms. The van der Waals surface area contributed by atoms with Gasteiger partial charge in [-0.2, -0.15) is 0 Å². The van der Waals surface area contributed by atoms with Crippen molar-refractivity contribution in [3.63, 3.8) is 0 Å². The maximum atomic E-state index is 3.55. The number of allylic oxidation sites excluding steroid dienone is 2. The molecule has 1 atom stereocenters. The van der Waals surface area contributed by atoms with Crippen LogP contribution in [0.5, 0.6) is 0 Å². The molecule has 1 unspecified atom stereocenters. The molecule has 1 aliphatic carbocycles. The molecular weight excluding hydrogens is 208 g/mol. The second kappa shape index (κ2) is 5.76. The molecule has 1 aromatic carbocycles. The molecule has 0 aliphatic heterocycles. The van der Waals surface area contributed by atoms with Crippen molar-refractivity contribution in [3.8, 4) is 0 Å². The number of hydrogen-bond donors (Lipinski definition) is 1. The highest BCUT2D eigenvalue weighted by Crippen LogP contribution is 2.21. The predicted octanol–water partition coefficient (Wildman–Crippen LogP) is 3.52. The van der Waals surface area contributed by atoms with Crippen molar-refractivity contribution in [1.29, 1.82) is 0 Å². The molecule has 2 nitrogen and oxygen atoms in total. The minimum Gasteiger partial charge on any atom is -0.385 e. The largest absolute Gasteiger partial charge is 0.385 e. The molecule has 0 saturated heterocycles. The van der Waals surface area contributed by atoms with E-state index in [1.165, 1.54) is 30.6 Å². The van der Waals surface area contributed by atoms with Crippen LogP contribution in [-0.4, -0.2) is 20.6 Å². The quantitative estimate of drug-likeness (QED) is 0.796. The number of rotatable bonds is 4. The number of nitrogens with one attached hydrogen (secondary N) is 1. The van der Waals surface area contributed by atoms with Crippen molar-refractivity contribution in [3.05, 3.63) is 36.4 Å². The van der Waals surface area contributed by atoms with E-state index < -0.39 is 0 Å². The van der Waals surface area contributed by atoms with Gasteiger partial charge in [-0.25, -0.2) is 0 Å². The van der Waals surface area contributed by atoms with E-state index >= 15 is 0 Å². The van der Waals surface area contributed by atoms with Crippen molar-refractivity contribution in [1.82, 2.24) is 0 Å². The van der Waals surface area contributed by atoms with Crippen LogP contribution in [0.1, 0.15) is 19.3 Å². The molecule has 2 heteroatoms. The fraction of sp³-hybridized carbons (Fsp3) is 0.467. The Morgan fingerprint density at radius 3 is 2.88 bits per heavy atom. The SMILES string of the molecule is CN(C)c1cccc(NCC2CC=CCC2)c1. The van der Waals surface area contributed by atoms with Gasteiger partial charge in [0.05, 0.1) is 0 Å². The number of hydrogen-bond acceptors (Lipinski definition) is 2. The van der Waals surface area contributed by atoms with Crippen molar-refractivity contribution in [2.24, 2.45) is 5.92 Å². The van der Waals surface area contributed by atoms with Crippen LogP contribution >= 0.6 is 0 Å². The van der Waals surface area contributed by atoms with Crippen LogP contribution in [0.25, 0.3) is 0 Å². The highest BCUT2D eigenvalue weighted by atomic mass is 15.1. The summed E-state index contributed by atoms with van der Waals surface area (Å²) in [5.74, 6) is 0.794. The van der Waals surface area contributed by atoms with Gasteiger partial charge in [0.2, 0.25) is 0 Å². The lowest BCUT2D eigenvalue weighted by Crippen LogP contribution is -2.15. The summed E-state index contributed by atoms with van der Waals surface area (Å²) in [6.45, 7) is 1.08. The van der Waals surface area contributed by atoms with Gasteiger partial charge in [0.15, 0.2) is 0 Å². The van der Waals surface area contributed by atoms with Crippen LogP contribution in [-0.2, 0) is 0 Å². The molecule has 0 saturated carbocycles. The van der Waals surface area contributed by atoms with Crippen LogP contribution in [0.4, 0.5) is 11.4 Å². The van der Waals surface area contributed by atoms with Crippen molar-refractivity contribution in [2.45, 2.75) is 19.3 Å². The zero-order valence-corrected chi connectivity index (χ0v) is 10.8. The van der Waals surface area contributed by atoms with Gasteiger partial charge >= 0.3 is 0 Å². The lowest BCUT2D eigenvalue weighted by molar-refractivity contribution is 0.504. The van der Waals surface area contributed by atoms with Gasteiger partial charge in [0.25, 0.3) is 0 Å². The highest BCUT2D eigenvalue weighted by Gasteiger charge is 2.09. The van der Waals surface area contributed by atoms with Crippen molar-refractivity contribution in [2.75, 3.05) is 30.9 Å². The fourth-order valence-electron chi connectivity index (χ4n) is 2.20. The molecule has 92 valence electrons. The third-order valence-electron chi connectivity index (χ3n) is 3.34. The zero-order valence-electron chi connectivity index (χ0n) is 10.8. The van der Waals surface area contributed by atoms with Crippen LogP contribution in [0.15, 0.2) is 36.4 Å². The average Bonchev–Trinajstić information content (AvgIpc) is 2.38. The molecule has 0 heterocycles. The van der Waals surface area contributed by atoms with Gasteiger partial charge in [-0.3, -0.25) is 0 Å². The Kier molecular flexibility index (Phi) is 4.08. The third-order valence-corrected chi connectivity index (χ3v) is 3.34. The molecule has 0 fully saturated rings. The summed E-state index contributed by atoms with van der Waals surface area (Å²) in [5.41, 5.74) is 2.48. The van der Waals surface area contributed by atoms with E-state index in [0.29, 0.717) is 0 Å². The van der Waals surface area contributed by atoms with Crippen molar-refractivity contribution >= 4 is 11.4 Å². The summed E-state index contributed by atoms with van der Waals surface area (Å²) < 4.78 is 0. The van der Waals surface area contributed by atoms with Crippen molar-refractivity contribution < 1.29 is 0 Å². The minimum absolute atomic E-state index is 0.794. The standard InChI is InChI=1S/C15H22N2/c1-17(2)15-10-6-9-14(11-15)16-12-13-7-4-3-5-8-13/h3-4,6,9-11,13,16H,5,7-8,12H2,1-2H3. The van der Waals surface area contributed by atoms with Crippen LogP contribution in [0.3, 0.4) is 0 Å². The maximum absolute atomic E-state index is 3.55. The number of benzene rings is 1. The van der Waals surface area contributed by atoms with E-state index in [9.17, 15) is 0 Å². The zero-order chi connectivity index (χ0) is 12.1. The monoisotopic (exact) mass is 230 g/mol. The molecule has 0 amide bonds. The molecular formula is C15H22N2. The average molecular weight is 230 g/mol. The molecule has 0 aromatic heterocycles. The van der Waals surface area contributed by atoms with E-state index in [4.69, 9.17) is 0 Å². The normalized spacial score (nSPS) is 19.1. The number of anilines is 2. The predicted molar refractivity (Wildman–Crippen MR) is 75.7 cm³/mol. The fourth-order valence-corrected chi connectivity index (χ4v) is 2.20. The molecule has 0 radical (unpaired) electrons. The lowest BCUT2D eigenvalue weighted by atomic mass is 9.94. The van der Waals surface area contributed by atoms with E-state index in [2.05, 4.69) is 60.7 Å². The number of nitrogens with zero attached hydrogens (tertiary/aromatic N) is 1. The highest BCUT2D eigenvalue weighted by molar-refractivity contribution is 5.57. The summed E-state index contributed by atoms with van der Waals surface area (Å²) in [5, 5.41) is 3.55. The van der Waals surface area contributed by atoms with E-state index in [1.807, 2.05) is 0 Å². The third kappa shape index (κ3) is 3.52. The summed E-state index contributed by atoms with van der Waals surface area (Å²) in [7, 11) is 4.15. The van der Waals surface area contributed by atoms with Gasteiger partial charge in [-0.05, 0) is 43.4 Å². The maximum Gasteiger partial charge on any atom is 0.0381 e. The van der Waals surface area contributed by atoms with Crippen LogP contribution in [0.2, 0.25) is 0 Å². The van der Waals surface area contributed by atoms with Gasteiger partial charge in [0.1, 0.15) is 0 Å². The Morgan fingerprint density at radius 2 is 2.18 bits per heavy atom. The van der Waals surface area contributed by atoms with Gasteiger partial charge in [-0.1, -0.05) is 18.2 Å². The van der Waals surface area contributed by atoms with Gasteiger partial charge < -0.3 is 10.2 Å². The lowest BCUT2D eigenvalue weighted by Gasteiger charge is -2.20. The minimum atomic E-state index is 0.794. The second-order valence-corrected chi connectivity index (χ2v) is 4.98. The molecule has 1 aromatic rings. The van der Waals surface area contributed by atoms with Gasteiger partial charge in [0, 0.05) is 32.0 Å². The second-order valence-electron chi connectivity index (χ2n) is 4.98. The van der Waals surface area contributed by atoms with Crippen LogP contribution in [0, 0.1) is 5.92 Å².